The van der Waals surface area contributed by atoms with Crippen molar-refractivity contribution < 1.29 is 4.79 Å². The molecule has 0 radical (unpaired) electrons. The lowest BCUT2D eigenvalue weighted by Crippen LogP contribution is -2.06. The molecule has 0 aliphatic heterocycles. The average molecular weight is 280 g/mol. The van der Waals surface area contributed by atoms with Crippen molar-refractivity contribution in [3.63, 3.8) is 0 Å². The summed E-state index contributed by atoms with van der Waals surface area (Å²) in [4.78, 5) is 11.0. The Bertz CT molecular complexity index is 647. The first-order valence-electron chi connectivity index (χ1n) is 7.43. The molecular weight excluding hydrogens is 260 g/mol. The normalized spacial score (nSPS) is 12.8. The van der Waals surface area contributed by atoms with Crippen LogP contribution in [0.4, 0.5) is 11.4 Å². The molecule has 1 amide bonds. The molecule has 1 aliphatic rings. The summed E-state index contributed by atoms with van der Waals surface area (Å²) in [5.74, 6) is -0.0426. The Kier molecular flexibility index (Phi) is 3.91. The van der Waals surface area contributed by atoms with Crippen molar-refractivity contribution in [1.82, 2.24) is 0 Å². The third-order valence-corrected chi connectivity index (χ3v) is 3.87. The van der Waals surface area contributed by atoms with E-state index in [1.54, 1.807) is 0 Å². The van der Waals surface area contributed by atoms with Crippen LogP contribution in [0.1, 0.15) is 30.0 Å². The lowest BCUT2D eigenvalue weighted by Gasteiger charge is -2.09. The molecular formula is C18H20N2O. The Morgan fingerprint density at radius 2 is 1.71 bits per heavy atom. The zero-order chi connectivity index (χ0) is 14.7. The SMILES string of the molecule is CC(=O)Nc1ccc(CNc2ccc3c(c2)CCC3)cc1. The van der Waals surface area contributed by atoms with E-state index < -0.39 is 0 Å². The third-order valence-electron chi connectivity index (χ3n) is 3.87. The quantitative estimate of drug-likeness (QED) is 0.895. The largest absolute Gasteiger partial charge is 0.381 e. The van der Waals surface area contributed by atoms with Gasteiger partial charge in [0.15, 0.2) is 0 Å². The van der Waals surface area contributed by atoms with E-state index in [0.717, 1.165) is 12.2 Å². The molecule has 0 saturated carbocycles. The first-order chi connectivity index (χ1) is 10.2. The highest BCUT2D eigenvalue weighted by molar-refractivity contribution is 5.88. The number of rotatable bonds is 4. The van der Waals surface area contributed by atoms with Crippen LogP contribution in [0.15, 0.2) is 42.5 Å². The molecule has 0 saturated heterocycles. The van der Waals surface area contributed by atoms with Gasteiger partial charge in [0.25, 0.3) is 0 Å². The number of carbonyl (C=O) groups excluding carboxylic acids is 1. The second kappa shape index (κ2) is 6.00. The molecule has 3 heteroatoms. The van der Waals surface area contributed by atoms with Crippen molar-refractivity contribution in [2.75, 3.05) is 10.6 Å². The number of hydrogen-bond donors (Lipinski definition) is 2. The van der Waals surface area contributed by atoms with E-state index in [-0.39, 0.29) is 5.91 Å². The standard InChI is InChI=1S/C18H20N2O/c1-13(21)20-17-8-5-14(6-9-17)12-19-18-10-7-15-3-2-4-16(15)11-18/h5-11,19H,2-4,12H2,1H3,(H,20,21). The molecule has 2 N–H and O–H groups in total. The van der Waals surface area contributed by atoms with E-state index in [0.29, 0.717) is 0 Å². The summed E-state index contributed by atoms with van der Waals surface area (Å²) in [5.41, 5.74) is 6.20. The summed E-state index contributed by atoms with van der Waals surface area (Å²) >= 11 is 0. The van der Waals surface area contributed by atoms with Crippen LogP contribution < -0.4 is 10.6 Å². The van der Waals surface area contributed by atoms with Crippen LogP contribution in [0.25, 0.3) is 0 Å². The fraction of sp³-hybridized carbons (Fsp3) is 0.278. The van der Waals surface area contributed by atoms with Crippen molar-refractivity contribution in [2.24, 2.45) is 0 Å². The van der Waals surface area contributed by atoms with Crippen LogP contribution in [0.3, 0.4) is 0 Å². The molecule has 0 atom stereocenters. The van der Waals surface area contributed by atoms with Crippen LogP contribution in [0.5, 0.6) is 0 Å². The number of fused-ring (bicyclic) bond motifs is 1. The molecule has 0 spiro atoms. The molecule has 1 aliphatic carbocycles. The molecule has 2 aromatic carbocycles. The van der Waals surface area contributed by atoms with Gasteiger partial charge in [-0.2, -0.15) is 0 Å². The summed E-state index contributed by atoms with van der Waals surface area (Å²) in [7, 11) is 0. The van der Waals surface area contributed by atoms with Crippen LogP contribution in [-0.4, -0.2) is 5.91 Å². The monoisotopic (exact) mass is 280 g/mol. The number of hydrogen-bond acceptors (Lipinski definition) is 2. The number of nitrogens with one attached hydrogen (secondary N) is 2. The topological polar surface area (TPSA) is 41.1 Å². The highest BCUT2D eigenvalue weighted by Gasteiger charge is 2.10. The minimum atomic E-state index is -0.0426. The predicted molar refractivity (Wildman–Crippen MR) is 86.5 cm³/mol. The molecule has 21 heavy (non-hydrogen) atoms. The van der Waals surface area contributed by atoms with Crippen molar-refractivity contribution in [3.05, 3.63) is 59.2 Å². The lowest BCUT2D eigenvalue weighted by atomic mass is 10.1. The average Bonchev–Trinajstić information content (AvgIpc) is 2.93. The number of anilines is 2. The molecule has 0 aromatic heterocycles. The minimum absolute atomic E-state index is 0.0426. The highest BCUT2D eigenvalue weighted by atomic mass is 16.1. The summed E-state index contributed by atoms with van der Waals surface area (Å²) in [5, 5.41) is 6.24. The van der Waals surface area contributed by atoms with Crippen LogP contribution in [-0.2, 0) is 24.2 Å². The fourth-order valence-corrected chi connectivity index (χ4v) is 2.80. The Balaban J connectivity index is 1.61. The van der Waals surface area contributed by atoms with Gasteiger partial charge in [-0.25, -0.2) is 0 Å². The molecule has 0 bridgehead atoms. The van der Waals surface area contributed by atoms with Gasteiger partial charge in [0, 0.05) is 24.8 Å². The maximum Gasteiger partial charge on any atom is 0.221 e. The first-order valence-corrected chi connectivity index (χ1v) is 7.43. The van der Waals surface area contributed by atoms with Crippen LogP contribution in [0.2, 0.25) is 0 Å². The third kappa shape index (κ3) is 3.43. The lowest BCUT2D eigenvalue weighted by molar-refractivity contribution is -0.114. The van der Waals surface area contributed by atoms with Gasteiger partial charge in [0.2, 0.25) is 5.91 Å². The van der Waals surface area contributed by atoms with Crippen LogP contribution >= 0.6 is 0 Å². The minimum Gasteiger partial charge on any atom is -0.381 e. The summed E-state index contributed by atoms with van der Waals surface area (Å²) < 4.78 is 0. The molecule has 2 aromatic rings. The summed E-state index contributed by atoms with van der Waals surface area (Å²) in [6, 6.07) is 14.6. The smallest absolute Gasteiger partial charge is 0.221 e. The van der Waals surface area contributed by atoms with Crippen molar-refractivity contribution in [1.29, 1.82) is 0 Å². The van der Waals surface area contributed by atoms with E-state index in [9.17, 15) is 4.79 Å². The van der Waals surface area contributed by atoms with Crippen molar-refractivity contribution >= 4 is 17.3 Å². The number of carbonyl (C=O) groups is 1. The van der Waals surface area contributed by atoms with Crippen molar-refractivity contribution in [2.45, 2.75) is 32.7 Å². The molecule has 108 valence electrons. The van der Waals surface area contributed by atoms with E-state index >= 15 is 0 Å². The maximum absolute atomic E-state index is 11.0. The summed E-state index contributed by atoms with van der Waals surface area (Å²) in [6.45, 7) is 2.31. The molecule has 3 rings (SSSR count). The maximum atomic E-state index is 11.0. The highest BCUT2D eigenvalue weighted by Crippen LogP contribution is 2.25. The molecule has 0 unspecified atom stereocenters. The Hall–Kier alpha value is -2.29. The van der Waals surface area contributed by atoms with E-state index in [1.807, 2.05) is 24.3 Å². The van der Waals surface area contributed by atoms with E-state index in [4.69, 9.17) is 0 Å². The second-order valence-electron chi connectivity index (χ2n) is 5.57. The first kappa shape index (κ1) is 13.7. The Morgan fingerprint density at radius 3 is 2.48 bits per heavy atom. The van der Waals surface area contributed by atoms with Gasteiger partial charge in [0.05, 0.1) is 0 Å². The number of aryl methyl sites for hydroxylation is 2. The van der Waals surface area contributed by atoms with Gasteiger partial charge in [-0.05, 0) is 60.2 Å². The molecule has 0 heterocycles. The Labute approximate surface area is 125 Å². The number of benzene rings is 2. The fourth-order valence-electron chi connectivity index (χ4n) is 2.80. The molecule has 0 fully saturated rings. The van der Waals surface area contributed by atoms with Gasteiger partial charge >= 0.3 is 0 Å². The van der Waals surface area contributed by atoms with Gasteiger partial charge < -0.3 is 10.6 Å². The zero-order valence-corrected chi connectivity index (χ0v) is 12.3. The summed E-state index contributed by atoms with van der Waals surface area (Å²) in [6.07, 6.45) is 3.71. The van der Waals surface area contributed by atoms with E-state index in [2.05, 4.69) is 28.8 Å². The van der Waals surface area contributed by atoms with Crippen molar-refractivity contribution in [3.8, 4) is 0 Å². The van der Waals surface area contributed by atoms with Gasteiger partial charge in [0.1, 0.15) is 0 Å². The predicted octanol–water partition coefficient (Wildman–Crippen LogP) is 3.75. The van der Waals surface area contributed by atoms with Gasteiger partial charge in [-0.15, -0.1) is 0 Å². The van der Waals surface area contributed by atoms with Gasteiger partial charge in [-0.3, -0.25) is 4.79 Å². The zero-order valence-electron chi connectivity index (χ0n) is 12.3. The second-order valence-corrected chi connectivity index (χ2v) is 5.57. The van der Waals surface area contributed by atoms with Gasteiger partial charge in [-0.1, -0.05) is 18.2 Å². The van der Waals surface area contributed by atoms with Crippen LogP contribution in [0, 0.1) is 0 Å². The molecule has 3 nitrogen and oxygen atoms in total. The van der Waals surface area contributed by atoms with E-state index in [1.165, 1.54) is 48.6 Å². The number of amides is 1. The Morgan fingerprint density at radius 1 is 1.00 bits per heavy atom.